The fourth-order valence-electron chi connectivity index (χ4n) is 4.43. The molecule has 0 aromatic heterocycles. The largest absolute Gasteiger partial charge is 0.480 e. The lowest BCUT2D eigenvalue weighted by Gasteiger charge is -2.42. The third-order valence-corrected chi connectivity index (χ3v) is 6.27. The van der Waals surface area contributed by atoms with E-state index in [4.69, 9.17) is 4.74 Å². The molecular weight excluding hydrogens is 527 g/mol. The first-order chi connectivity index (χ1) is 19.0. The first-order valence-electron chi connectivity index (χ1n) is 11.9. The van der Waals surface area contributed by atoms with Gasteiger partial charge in [-0.3, -0.25) is 9.69 Å². The summed E-state index contributed by atoms with van der Waals surface area (Å²) >= 11 is 0. The maximum atomic E-state index is 13.8. The molecule has 0 spiro atoms. The first kappa shape index (κ1) is 27.9. The van der Waals surface area contributed by atoms with Crippen LogP contribution in [0.3, 0.4) is 0 Å². The summed E-state index contributed by atoms with van der Waals surface area (Å²) in [6, 6.07) is 18.3. The molecule has 2 amide bonds. The van der Waals surface area contributed by atoms with Crippen LogP contribution in [0.1, 0.15) is 35.2 Å². The molecule has 11 heteroatoms. The van der Waals surface area contributed by atoms with Crippen molar-refractivity contribution in [3.8, 4) is 6.07 Å². The predicted molar refractivity (Wildman–Crippen MR) is 136 cm³/mol. The first-order valence-corrected chi connectivity index (χ1v) is 11.9. The van der Waals surface area contributed by atoms with Gasteiger partial charge in [-0.25, -0.2) is 9.59 Å². The molecule has 0 bridgehead atoms. The van der Waals surface area contributed by atoms with Crippen LogP contribution in [0.25, 0.3) is 0 Å². The quantitative estimate of drug-likeness (QED) is 0.381. The zero-order chi connectivity index (χ0) is 29.0. The number of ether oxygens (including phenoxy) is 1. The third kappa shape index (κ3) is 5.81. The molecule has 1 aliphatic rings. The number of rotatable bonds is 7. The molecule has 0 saturated carbocycles. The Balaban J connectivity index is 1.89. The second kappa shape index (κ2) is 11.3. The van der Waals surface area contributed by atoms with E-state index in [9.17, 15) is 37.9 Å². The lowest BCUT2D eigenvalue weighted by molar-refractivity contribution is -0.142. The van der Waals surface area contributed by atoms with Crippen molar-refractivity contribution in [2.75, 3.05) is 11.4 Å². The van der Waals surface area contributed by atoms with Gasteiger partial charge in [-0.1, -0.05) is 48.5 Å². The van der Waals surface area contributed by atoms with Crippen molar-refractivity contribution in [2.45, 2.75) is 25.7 Å². The molecule has 204 valence electrons. The highest BCUT2D eigenvalue weighted by Gasteiger charge is 2.44. The number of carboxylic acid groups (broad SMARTS) is 1. The predicted octanol–water partition coefficient (Wildman–Crippen LogP) is 5.66. The zero-order valence-electron chi connectivity index (χ0n) is 21.1. The number of carbonyl (C=O) groups is 3. The van der Waals surface area contributed by atoms with E-state index in [2.05, 4.69) is 0 Å². The van der Waals surface area contributed by atoms with Gasteiger partial charge in [0.2, 0.25) is 0 Å². The van der Waals surface area contributed by atoms with Crippen LogP contribution in [0.15, 0.2) is 90.1 Å². The summed E-state index contributed by atoms with van der Waals surface area (Å²) in [6.45, 7) is 0.362. The van der Waals surface area contributed by atoms with E-state index in [0.717, 1.165) is 28.0 Å². The van der Waals surface area contributed by atoms with E-state index < -0.39 is 42.3 Å². The smallest absolute Gasteiger partial charge is 0.416 e. The molecule has 1 N–H and O–H groups in total. The van der Waals surface area contributed by atoms with Gasteiger partial charge in [0.25, 0.3) is 0 Å². The molecule has 1 atom stereocenters. The van der Waals surface area contributed by atoms with Crippen LogP contribution < -0.4 is 4.90 Å². The molecule has 4 rings (SSSR count). The lowest BCUT2D eigenvalue weighted by atomic mass is 9.92. The molecule has 40 heavy (non-hydrogen) atoms. The van der Waals surface area contributed by atoms with Gasteiger partial charge in [0, 0.05) is 5.70 Å². The number of benzene rings is 3. The summed E-state index contributed by atoms with van der Waals surface area (Å²) in [4.78, 5) is 41.0. The molecule has 0 aliphatic carbocycles. The van der Waals surface area contributed by atoms with Crippen molar-refractivity contribution < 1.29 is 37.4 Å². The Bertz CT molecular complexity index is 1510. The number of anilines is 1. The number of carbonyl (C=O) groups excluding carboxylic acids is 2. The van der Waals surface area contributed by atoms with Gasteiger partial charge in [-0.2, -0.15) is 18.4 Å². The van der Waals surface area contributed by atoms with E-state index in [1.54, 1.807) is 30.3 Å². The SMILES string of the molecule is CC1=C(C(=O)OCc2ccccc2)[C@@H](c2ccc(C#N)cc2)N(CC(=O)O)C(=O)N1c1cccc(C(F)(F)F)c1. The van der Waals surface area contributed by atoms with E-state index in [0.29, 0.717) is 11.1 Å². The van der Waals surface area contributed by atoms with E-state index in [1.807, 2.05) is 6.07 Å². The lowest BCUT2D eigenvalue weighted by Crippen LogP contribution is -2.52. The Labute approximate surface area is 227 Å². The minimum atomic E-state index is -4.71. The van der Waals surface area contributed by atoms with Gasteiger partial charge in [-0.15, -0.1) is 0 Å². The number of hydrogen-bond donors (Lipinski definition) is 1. The Kier molecular flexibility index (Phi) is 7.90. The Morgan fingerprint density at radius 2 is 1.70 bits per heavy atom. The number of nitrogens with zero attached hydrogens (tertiary/aromatic N) is 3. The number of esters is 1. The summed E-state index contributed by atoms with van der Waals surface area (Å²) in [5, 5.41) is 18.8. The Hall–Kier alpha value is -5.11. The van der Waals surface area contributed by atoms with Crippen LogP contribution in [-0.2, 0) is 27.1 Å². The summed E-state index contributed by atoms with van der Waals surface area (Å²) in [6.07, 6.45) is -4.71. The van der Waals surface area contributed by atoms with Crippen molar-refractivity contribution in [1.29, 1.82) is 5.26 Å². The van der Waals surface area contributed by atoms with Gasteiger partial charge in [-0.05, 0) is 48.4 Å². The van der Waals surface area contributed by atoms with Crippen molar-refractivity contribution >= 4 is 23.7 Å². The fourth-order valence-corrected chi connectivity index (χ4v) is 4.43. The molecule has 3 aromatic carbocycles. The second-order valence-electron chi connectivity index (χ2n) is 8.88. The van der Waals surface area contributed by atoms with Crippen molar-refractivity contribution in [2.24, 2.45) is 0 Å². The Morgan fingerprint density at radius 3 is 2.30 bits per heavy atom. The number of halogens is 3. The number of alkyl halides is 3. The van der Waals surface area contributed by atoms with Crippen LogP contribution >= 0.6 is 0 Å². The minimum Gasteiger partial charge on any atom is -0.480 e. The van der Waals surface area contributed by atoms with Crippen LogP contribution in [0, 0.1) is 11.3 Å². The summed E-state index contributed by atoms with van der Waals surface area (Å²) in [7, 11) is 0. The number of allylic oxidation sites excluding steroid dienone is 1. The van der Waals surface area contributed by atoms with Crippen LogP contribution in [0.4, 0.5) is 23.7 Å². The number of hydrogen-bond acceptors (Lipinski definition) is 5. The van der Waals surface area contributed by atoms with Crippen LogP contribution in [-0.4, -0.2) is 34.5 Å². The highest BCUT2D eigenvalue weighted by Crippen LogP contribution is 2.41. The van der Waals surface area contributed by atoms with Gasteiger partial charge in [0.05, 0.1) is 34.5 Å². The molecular formula is C29H22F3N3O5. The molecule has 3 aromatic rings. The van der Waals surface area contributed by atoms with Crippen molar-refractivity contribution in [3.63, 3.8) is 0 Å². The maximum absolute atomic E-state index is 13.8. The highest BCUT2D eigenvalue weighted by molar-refractivity contribution is 6.04. The molecule has 1 heterocycles. The van der Waals surface area contributed by atoms with E-state index >= 15 is 0 Å². The van der Waals surface area contributed by atoms with Gasteiger partial charge < -0.3 is 14.7 Å². The van der Waals surface area contributed by atoms with Crippen molar-refractivity contribution in [1.82, 2.24) is 4.90 Å². The normalized spacial score (nSPS) is 15.6. The molecule has 0 radical (unpaired) electrons. The minimum absolute atomic E-state index is 0.0293. The molecule has 1 aliphatic heterocycles. The molecule has 8 nitrogen and oxygen atoms in total. The van der Waals surface area contributed by atoms with Gasteiger partial charge >= 0.3 is 24.1 Å². The number of amides is 2. The zero-order valence-corrected chi connectivity index (χ0v) is 21.1. The third-order valence-electron chi connectivity index (χ3n) is 6.27. The number of nitriles is 1. The van der Waals surface area contributed by atoms with Crippen LogP contribution in [0.5, 0.6) is 0 Å². The molecule has 0 fully saturated rings. The number of urea groups is 1. The average molecular weight is 550 g/mol. The highest BCUT2D eigenvalue weighted by atomic mass is 19.4. The summed E-state index contributed by atoms with van der Waals surface area (Å²) in [5.41, 5.74) is -0.152. The Morgan fingerprint density at radius 1 is 1.02 bits per heavy atom. The van der Waals surface area contributed by atoms with E-state index in [-0.39, 0.29) is 29.1 Å². The number of aliphatic carboxylic acids is 1. The second-order valence-corrected chi connectivity index (χ2v) is 8.88. The van der Waals surface area contributed by atoms with Crippen LogP contribution in [0.2, 0.25) is 0 Å². The van der Waals surface area contributed by atoms with Gasteiger partial charge in [0.1, 0.15) is 13.2 Å². The summed E-state index contributed by atoms with van der Waals surface area (Å²) < 4.78 is 46.0. The van der Waals surface area contributed by atoms with Gasteiger partial charge in [0.15, 0.2) is 0 Å². The number of carboxylic acids is 1. The fraction of sp³-hybridized carbons (Fsp3) is 0.172. The maximum Gasteiger partial charge on any atom is 0.416 e. The van der Waals surface area contributed by atoms with Crippen molar-refractivity contribution in [3.05, 3.63) is 112 Å². The molecule has 0 unspecified atom stereocenters. The topological polar surface area (TPSA) is 111 Å². The van der Waals surface area contributed by atoms with E-state index in [1.165, 1.54) is 37.3 Å². The standard InChI is InChI=1S/C29H22F3N3O5/c1-18-25(27(38)40-17-20-6-3-2-4-7-20)26(21-12-10-19(15-33)11-13-21)34(16-24(36)37)28(39)35(18)23-9-5-8-22(14-23)29(30,31)32/h2-14,26H,16-17H2,1H3,(H,36,37)/t26-/m1/s1. The average Bonchev–Trinajstić information content (AvgIpc) is 2.93. The summed E-state index contributed by atoms with van der Waals surface area (Å²) in [5.74, 6) is -2.30. The monoisotopic (exact) mass is 549 g/mol. The molecule has 0 saturated heterocycles.